The number of hydrogen-bond donors (Lipinski definition) is 0. The molecule has 2 saturated heterocycles. The number of sulfone groups is 1. The van der Waals surface area contributed by atoms with Crippen LogP contribution in [0.2, 0.25) is 0 Å². The Morgan fingerprint density at radius 2 is 1.90 bits per heavy atom. The Balaban J connectivity index is 1.53. The number of ether oxygens (including phenoxy) is 2. The summed E-state index contributed by atoms with van der Waals surface area (Å²) >= 11 is 0. The Labute approximate surface area is 184 Å². The van der Waals surface area contributed by atoms with Gasteiger partial charge in [0.15, 0.2) is 9.84 Å². The van der Waals surface area contributed by atoms with Crippen molar-refractivity contribution < 1.29 is 27.5 Å². The molecule has 7 heteroatoms. The third-order valence-electron chi connectivity index (χ3n) is 10.5. The zero-order valence-electron chi connectivity index (χ0n) is 18.6. The van der Waals surface area contributed by atoms with Crippen LogP contribution in [0.15, 0.2) is 11.6 Å². The van der Waals surface area contributed by atoms with E-state index in [9.17, 15) is 18.0 Å². The highest BCUT2D eigenvalue weighted by atomic mass is 32.2. The number of carbonyl (C=O) groups excluding carboxylic acids is 2. The van der Waals surface area contributed by atoms with Gasteiger partial charge in [0.05, 0.1) is 11.4 Å². The van der Waals surface area contributed by atoms with Gasteiger partial charge in [-0.05, 0) is 38.0 Å². The summed E-state index contributed by atoms with van der Waals surface area (Å²) < 4.78 is 39.5. The summed E-state index contributed by atoms with van der Waals surface area (Å²) in [6.45, 7) is 6.13. The molecule has 170 valence electrons. The summed E-state index contributed by atoms with van der Waals surface area (Å²) in [6, 6.07) is 0. The second kappa shape index (κ2) is 5.82. The summed E-state index contributed by atoms with van der Waals surface area (Å²) in [4.78, 5) is 24.5. The van der Waals surface area contributed by atoms with Gasteiger partial charge in [0.2, 0.25) is 0 Å². The van der Waals surface area contributed by atoms with Gasteiger partial charge in [0.25, 0.3) is 0 Å². The largest absolute Gasteiger partial charge is 0.458 e. The predicted molar refractivity (Wildman–Crippen MR) is 113 cm³/mol. The van der Waals surface area contributed by atoms with E-state index in [1.165, 1.54) is 0 Å². The van der Waals surface area contributed by atoms with E-state index >= 15 is 0 Å². The molecular formula is C24H32O6S. The summed E-state index contributed by atoms with van der Waals surface area (Å²) in [5.41, 5.74) is -0.584. The fourth-order valence-electron chi connectivity index (χ4n) is 8.70. The fourth-order valence-corrected chi connectivity index (χ4v) is 10.3. The number of Topliss-reactive ketones (excluding diaryl/α,β-unsaturated/α-hetero) is 1. The van der Waals surface area contributed by atoms with E-state index in [-0.39, 0.29) is 46.3 Å². The van der Waals surface area contributed by atoms with Gasteiger partial charge in [0.1, 0.15) is 17.0 Å². The number of carbonyl (C=O) groups is 2. The molecule has 4 aliphatic carbocycles. The van der Waals surface area contributed by atoms with E-state index in [0.717, 1.165) is 37.7 Å². The van der Waals surface area contributed by atoms with Crippen LogP contribution in [0.4, 0.5) is 0 Å². The minimum Gasteiger partial charge on any atom is -0.458 e. The highest BCUT2D eigenvalue weighted by molar-refractivity contribution is 7.92. The average Bonchev–Trinajstić information content (AvgIpc) is 3.20. The predicted octanol–water partition coefficient (Wildman–Crippen LogP) is 3.14. The zero-order valence-corrected chi connectivity index (χ0v) is 19.4. The van der Waals surface area contributed by atoms with Crippen LogP contribution in [-0.4, -0.2) is 48.5 Å². The molecule has 0 N–H and O–H groups in total. The molecule has 0 bridgehead atoms. The highest BCUT2D eigenvalue weighted by Gasteiger charge is 2.83. The second-order valence-corrected chi connectivity index (χ2v) is 13.8. The molecule has 31 heavy (non-hydrogen) atoms. The van der Waals surface area contributed by atoms with Crippen molar-refractivity contribution in [3.05, 3.63) is 11.6 Å². The van der Waals surface area contributed by atoms with Gasteiger partial charge in [-0.3, -0.25) is 9.59 Å². The van der Waals surface area contributed by atoms with E-state index in [1.54, 1.807) is 6.92 Å². The molecule has 0 amide bonds. The maximum absolute atomic E-state index is 13.4. The fraction of sp³-hybridized carbons (Fsp3) is 0.833. The van der Waals surface area contributed by atoms with Crippen molar-refractivity contribution in [2.24, 2.45) is 22.7 Å². The molecule has 3 saturated carbocycles. The van der Waals surface area contributed by atoms with Gasteiger partial charge in [-0.25, -0.2) is 8.42 Å². The smallest absolute Gasteiger partial charge is 0.306 e. The van der Waals surface area contributed by atoms with Gasteiger partial charge in [-0.1, -0.05) is 32.4 Å². The molecular weight excluding hydrogens is 416 g/mol. The topological polar surface area (TPSA) is 90.0 Å². The monoisotopic (exact) mass is 448 g/mol. The summed E-state index contributed by atoms with van der Waals surface area (Å²) in [5.74, 6) is 0.114. The summed E-state index contributed by atoms with van der Waals surface area (Å²) in [7, 11) is -3.38. The minimum atomic E-state index is -3.38. The van der Waals surface area contributed by atoms with Gasteiger partial charge < -0.3 is 9.47 Å². The van der Waals surface area contributed by atoms with Crippen LogP contribution >= 0.6 is 0 Å². The maximum atomic E-state index is 13.4. The Bertz CT molecular complexity index is 1030. The number of epoxide rings is 1. The summed E-state index contributed by atoms with van der Waals surface area (Å²) in [5, 5.41) is -0.631. The van der Waals surface area contributed by atoms with E-state index < -0.39 is 26.3 Å². The van der Waals surface area contributed by atoms with Gasteiger partial charge in [-0.2, -0.15) is 0 Å². The van der Waals surface area contributed by atoms with Crippen molar-refractivity contribution in [1.29, 1.82) is 0 Å². The lowest BCUT2D eigenvalue weighted by Crippen LogP contribution is -2.63. The Kier molecular flexibility index (Phi) is 3.83. The van der Waals surface area contributed by atoms with E-state index in [2.05, 4.69) is 13.8 Å². The molecule has 0 radical (unpaired) electrons. The van der Waals surface area contributed by atoms with Crippen molar-refractivity contribution in [1.82, 2.24) is 0 Å². The lowest BCUT2D eigenvalue weighted by molar-refractivity contribution is -0.163. The Morgan fingerprint density at radius 3 is 2.58 bits per heavy atom. The molecule has 2 aliphatic heterocycles. The highest BCUT2D eigenvalue weighted by Crippen LogP contribution is 2.77. The SMILES string of the molecule is CCS(=O)(=O)[C@@H]1C=C2CC(=O)CC[C@]2(C)[C@@]23O[C@@H]2C[C@@]2(C)C(CC[C@@]24CCC(=O)O4)C13. The molecule has 0 aromatic rings. The van der Waals surface area contributed by atoms with Gasteiger partial charge in [0, 0.05) is 41.8 Å². The molecule has 6 aliphatic rings. The molecule has 2 heterocycles. The number of fused-ring (bicyclic) bond motifs is 4. The normalized spacial score (nSPS) is 52.7. The molecule has 2 spiro atoms. The third-order valence-corrected chi connectivity index (χ3v) is 12.5. The average molecular weight is 449 g/mol. The number of rotatable bonds is 2. The van der Waals surface area contributed by atoms with Gasteiger partial charge >= 0.3 is 5.97 Å². The van der Waals surface area contributed by atoms with Crippen molar-refractivity contribution in [2.45, 2.75) is 94.7 Å². The molecule has 6 rings (SSSR count). The van der Waals surface area contributed by atoms with Crippen molar-refractivity contribution >= 4 is 21.6 Å². The first kappa shape index (κ1) is 20.4. The van der Waals surface area contributed by atoms with Crippen LogP contribution in [0.3, 0.4) is 0 Å². The van der Waals surface area contributed by atoms with Crippen LogP contribution in [0.25, 0.3) is 0 Å². The van der Waals surface area contributed by atoms with Crippen LogP contribution in [0, 0.1) is 22.7 Å². The lowest BCUT2D eigenvalue weighted by Gasteiger charge is -2.57. The number of ketones is 1. The van der Waals surface area contributed by atoms with Gasteiger partial charge in [-0.15, -0.1) is 0 Å². The van der Waals surface area contributed by atoms with E-state index in [0.29, 0.717) is 19.3 Å². The zero-order chi connectivity index (χ0) is 22.0. The van der Waals surface area contributed by atoms with Crippen molar-refractivity contribution in [3.8, 4) is 0 Å². The Morgan fingerprint density at radius 1 is 1.13 bits per heavy atom. The van der Waals surface area contributed by atoms with E-state index in [1.807, 2.05) is 6.08 Å². The van der Waals surface area contributed by atoms with Crippen LogP contribution in [-0.2, 0) is 28.9 Å². The maximum Gasteiger partial charge on any atom is 0.306 e. The summed E-state index contributed by atoms with van der Waals surface area (Å²) in [6.07, 6.45) is 7.17. The molecule has 6 nitrogen and oxygen atoms in total. The minimum absolute atomic E-state index is 0.0375. The van der Waals surface area contributed by atoms with Crippen molar-refractivity contribution in [2.75, 3.05) is 5.75 Å². The first-order valence-electron chi connectivity index (χ1n) is 11.9. The first-order chi connectivity index (χ1) is 14.5. The molecule has 0 aromatic carbocycles. The third kappa shape index (κ3) is 2.21. The van der Waals surface area contributed by atoms with Crippen LogP contribution in [0.1, 0.15) is 72.1 Å². The quantitative estimate of drug-likeness (QED) is 0.366. The number of hydrogen-bond acceptors (Lipinski definition) is 6. The second-order valence-electron chi connectivity index (χ2n) is 11.3. The molecule has 8 atom stereocenters. The van der Waals surface area contributed by atoms with E-state index in [4.69, 9.17) is 9.47 Å². The Hall–Kier alpha value is -1.21. The van der Waals surface area contributed by atoms with Crippen LogP contribution in [0.5, 0.6) is 0 Å². The number of esters is 1. The standard InChI is InChI=1S/C24H32O6S/c1-4-31(27,28)17-12-14-11-15(25)5-8-21(14,2)24-18(29-24)13-22(3)16(20(17)24)6-9-23(22)10-7-19(26)30-23/h12,16-18,20H,4-11,13H2,1-3H3/t16?,17-,18-,20?,21+,22+,23-,24-/m1/s1. The molecule has 2 unspecified atom stereocenters. The molecule has 5 fully saturated rings. The molecule has 0 aromatic heterocycles. The first-order valence-corrected chi connectivity index (χ1v) is 13.6. The van der Waals surface area contributed by atoms with Crippen LogP contribution < -0.4 is 0 Å². The lowest BCUT2D eigenvalue weighted by atomic mass is 9.46. The van der Waals surface area contributed by atoms with Crippen molar-refractivity contribution in [3.63, 3.8) is 0 Å².